The van der Waals surface area contributed by atoms with Crippen molar-refractivity contribution in [3.63, 3.8) is 0 Å². The van der Waals surface area contributed by atoms with E-state index in [0.717, 1.165) is 51.4 Å². The Morgan fingerprint density at radius 2 is 1.38 bits per heavy atom. The molecule has 0 unspecified atom stereocenters. The van der Waals surface area contributed by atoms with Crippen molar-refractivity contribution in [1.29, 1.82) is 0 Å². The van der Waals surface area contributed by atoms with Crippen molar-refractivity contribution < 1.29 is 19.1 Å². The van der Waals surface area contributed by atoms with Crippen molar-refractivity contribution in [3.05, 3.63) is 29.6 Å². The van der Waals surface area contributed by atoms with Crippen LogP contribution in [0, 0.1) is 0 Å². The Bertz CT molecular complexity index is 527. The lowest BCUT2D eigenvalue weighted by Crippen LogP contribution is -2.23. The summed E-state index contributed by atoms with van der Waals surface area (Å²) in [6, 6.07) is 3.07. The number of carbonyl (C=O) groups excluding carboxylic acids is 2. The average Bonchev–Trinajstić information content (AvgIpc) is 2.63. The molecule has 1 aromatic rings. The summed E-state index contributed by atoms with van der Waals surface area (Å²) in [6.07, 6.45) is 11.9. The van der Waals surface area contributed by atoms with Gasteiger partial charge in [0, 0.05) is 6.20 Å². The Morgan fingerprint density at radius 1 is 0.833 bits per heavy atom. The van der Waals surface area contributed by atoms with Gasteiger partial charge in [-0.15, -0.1) is 0 Å². The number of aromatic nitrogens is 1. The highest BCUT2D eigenvalue weighted by molar-refractivity contribution is 5.94. The quantitative estimate of drug-likeness (QED) is 0.778. The fraction of sp³-hybridized carbons (Fsp3) is 0.632. The SMILES string of the molecule is O=C(OC1CCCCC1)c1ccnc(C(=O)OC2CCCCC2)c1. The molecule has 0 saturated heterocycles. The van der Waals surface area contributed by atoms with Gasteiger partial charge in [-0.25, -0.2) is 14.6 Å². The Labute approximate surface area is 142 Å². The topological polar surface area (TPSA) is 65.5 Å². The molecule has 0 amide bonds. The molecule has 5 heteroatoms. The van der Waals surface area contributed by atoms with Crippen molar-refractivity contribution >= 4 is 11.9 Å². The summed E-state index contributed by atoms with van der Waals surface area (Å²) in [5.41, 5.74) is 0.546. The molecule has 3 rings (SSSR count). The zero-order valence-corrected chi connectivity index (χ0v) is 14.0. The molecule has 24 heavy (non-hydrogen) atoms. The van der Waals surface area contributed by atoms with Crippen LogP contribution in [0.25, 0.3) is 0 Å². The highest BCUT2D eigenvalue weighted by Crippen LogP contribution is 2.23. The summed E-state index contributed by atoms with van der Waals surface area (Å²) >= 11 is 0. The van der Waals surface area contributed by atoms with Gasteiger partial charge in [-0.3, -0.25) is 0 Å². The summed E-state index contributed by atoms with van der Waals surface area (Å²) in [6.45, 7) is 0. The standard InChI is InChI=1S/C19H25NO4/c21-18(23-15-7-3-1-4-8-15)14-11-12-20-17(13-14)19(22)24-16-9-5-2-6-10-16/h11-13,15-16H,1-10H2. The molecule has 2 aliphatic carbocycles. The van der Waals surface area contributed by atoms with Gasteiger partial charge < -0.3 is 9.47 Å². The fourth-order valence-corrected chi connectivity index (χ4v) is 3.47. The van der Waals surface area contributed by atoms with Gasteiger partial charge in [-0.05, 0) is 63.5 Å². The number of rotatable bonds is 4. The van der Waals surface area contributed by atoms with Gasteiger partial charge in [0.1, 0.15) is 17.9 Å². The van der Waals surface area contributed by atoms with Gasteiger partial charge in [0.15, 0.2) is 0 Å². The Morgan fingerprint density at radius 3 is 1.96 bits per heavy atom. The van der Waals surface area contributed by atoms with Crippen LogP contribution in [0.5, 0.6) is 0 Å². The summed E-state index contributed by atoms with van der Waals surface area (Å²) in [5.74, 6) is -0.828. The maximum atomic E-state index is 12.3. The first kappa shape index (κ1) is 16.9. The van der Waals surface area contributed by atoms with Gasteiger partial charge >= 0.3 is 11.9 Å². The first-order valence-corrected chi connectivity index (χ1v) is 9.10. The zero-order valence-electron chi connectivity index (χ0n) is 14.0. The second-order valence-corrected chi connectivity index (χ2v) is 6.76. The van der Waals surface area contributed by atoms with Crippen LogP contribution in [-0.4, -0.2) is 29.1 Å². The van der Waals surface area contributed by atoms with Crippen LogP contribution >= 0.6 is 0 Å². The minimum Gasteiger partial charge on any atom is -0.459 e. The monoisotopic (exact) mass is 331 g/mol. The van der Waals surface area contributed by atoms with Crippen molar-refractivity contribution in [2.24, 2.45) is 0 Å². The van der Waals surface area contributed by atoms with E-state index >= 15 is 0 Å². The number of nitrogens with zero attached hydrogens (tertiary/aromatic N) is 1. The lowest BCUT2D eigenvalue weighted by Gasteiger charge is -2.22. The second-order valence-electron chi connectivity index (χ2n) is 6.76. The number of pyridine rings is 1. The molecule has 0 bridgehead atoms. The second kappa shape index (κ2) is 8.27. The summed E-state index contributed by atoms with van der Waals surface area (Å²) in [5, 5.41) is 0. The van der Waals surface area contributed by atoms with E-state index in [1.807, 2.05) is 0 Å². The van der Waals surface area contributed by atoms with E-state index in [0.29, 0.717) is 5.56 Å². The van der Waals surface area contributed by atoms with Crippen molar-refractivity contribution in [3.8, 4) is 0 Å². The molecule has 0 aliphatic heterocycles. The molecule has 1 heterocycles. The molecular formula is C19H25NO4. The Kier molecular flexibility index (Phi) is 5.83. The molecule has 0 radical (unpaired) electrons. The third-order valence-corrected chi connectivity index (χ3v) is 4.86. The number of hydrogen-bond acceptors (Lipinski definition) is 5. The average molecular weight is 331 g/mol. The number of esters is 2. The predicted octanol–water partition coefficient (Wildman–Crippen LogP) is 4.06. The van der Waals surface area contributed by atoms with Crippen molar-refractivity contribution in [1.82, 2.24) is 4.98 Å². The molecule has 130 valence electrons. The lowest BCUT2D eigenvalue weighted by molar-refractivity contribution is 0.0203. The van der Waals surface area contributed by atoms with Crippen LogP contribution in [0.15, 0.2) is 18.3 Å². The molecule has 2 aliphatic rings. The maximum Gasteiger partial charge on any atom is 0.357 e. The molecule has 0 N–H and O–H groups in total. The predicted molar refractivity (Wildman–Crippen MR) is 88.8 cm³/mol. The minimum absolute atomic E-state index is 0.00273. The zero-order chi connectivity index (χ0) is 16.8. The van der Waals surface area contributed by atoms with E-state index in [1.54, 1.807) is 6.07 Å². The van der Waals surface area contributed by atoms with Crippen LogP contribution in [-0.2, 0) is 9.47 Å². The van der Waals surface area contributed by atoms with E-state index in [2.05, 4.69) is 4.98 Å². The Balaban J connectivity index is 1.60. The van der Waals surface area contributed by atoms with Crippen LogP contribution in [0.4, 0.5) is 0 Å². The molecule has 0 aromatic carbocycles. The molecule has 1 aromatic heterocycles. The van der Waals surface area contributed by atoms with Gasteiger partial charge in [0.05, 0.1) is 5.56 Å². The third kappa shape index (κ3) is 4.56. The third-order valence-electron chi connectivity index (χ3n) is 4.86. The summed E-state index contributed by atoms with van der Waals surface area (Å²) in [4.78, 5) is 28.6. The van der Waals surface area contributed by atoms with Crippen LogP contribution in [0.3, 0.4) is 0 Å². The molecule has 0 spiro atoms. The highest BCUT2D eigenvalue weighted by atomic mass is 16.5. The van der Waals surface area contributed by atoms with Crippen molar-refractivity contribution in [2.75, 3.05) is 0 Å². The van der Waals surface area contributed by atoms with E-state index in [4.69, 9.17) is 9.47 Å². The first-order chi connectivity index (χ1) is 11.7. The van der Waals surface area contributed by atoms with Gasteiger partial charge in [-0.2, -0.15) is 0 Å². The minimum atomic E-state index is -0.450. The largest absolute Gasteiger partial charge is 0.459 e. The molecule has 2 saturated carbocycles. The fourth-order valence-electron chi connectivity index (χ4n) is 3.47. The van der Waals surface area contributed by atoms with Gasteiger partial charge in [0.25, 0.3) is 0 Å². The molecule has 0 atom stereocenters. The number of hydrogen-bond donors (Lipinski definition) is 0. The van der Waals surface area contributed by atoms with Crippen LogP contribution in [0.1, 0.15) is 85.1 Å². The van der Waals surface area contributed by atoms with E-state index in [-0.39, 0.29) is 23.9 Å². The van der Waals surface area contributed by atoms with Gasteiger partial charge in [-0.1, -0.05) is 12.8 Å². The molecule has 2 fully saturated rings. The van der Waals surface area contributed by atoms with Crippen molar-refractivity contribution in [2.45, 2.75) is 76.4 Å². The maximum absolute atomic E-state index is 12.3. The molecule has 5 nitrogen and oxygen atoms in total. The number of ether oxygens (including phenoxy) is 2. The summed E-state index contributed by atoms with van der Waals surface area (Å²) in [7, 11) is 0. The van der Waals surface area contributed by atoms with E-state index in [1.165, 1.54) is 25.1 Å². The lowest BCUT2D eigenvalue weighted by atomic mass is 9.98. The smallest absolute Gasteiger partial charge is 0.357 e. The number of carbonyl (C=O) groups is 2. The van der Waals surface area contributed by atoms with E-state index in [9.17, 15) is 9.59 Å². The highest BCUT2D eigenvalue weighted by Gasteiger charge is 2.22. The molecular weight excluding hydrogens is 306 g/mol. The van der Waals surface area contributed by atoms with Crippen LogP contribution < -0.4 is 0 Å². The normalized spacial score (nSPS) is 19.7. The first-order valence-electron chi connectivity index (χ1n) is 9.10. The van der Waals surface area contributed by atoms with E-state index < -0.39 is 5.97 Å². The van der Waals surface area contributed by atoms with Gasteiger partial charge in [0.2, 0.25) is 0 Å². The van der Waals surface area contributed by atoms with Crippen LogP contribution in [0.2, 0.25) is 0 Å². The summed E-state index contributed by atoms with van der Waals surface area (Å²) < 4.78 is 11.1. The Hall–Kier alpha value is -1.91.